The predicted octanol–water partition coefficient (Wildman–Crippen LogP) is 2.68. The molecule has 4 amide bonds. The minimum atomic E-state index is -1.06. The van der Waals surface area contributed by atoms with E-state index in [1.165, 1.54) is 9.80 Å². The number of carbonyl (C=O) groups is 3. The van der Waals surface area contributed by atoms with E-state index >= 15 is 0 Å². The summed E-state index contributed by atoms with van der Waals surface area (Å²) >= 11 is 0. The number of nitrogens with one attached hydrogen (secondary N) is 2. The lowest BCUT2D eigenvalue weighted by Crippen LogP contribution is -2.55. The number of benzene rings is 2. The van der Waals surface area contributed by atoms with E-state index in [1.807, 2.05) is 37.3 Å². The van der Waals surface area contributed by atoms with Crippen LogP contribution in [0.4, 0.5) is 10.5 Å². The molecule has 0 saturated carbocycles. The molecule has 3 rings (SSSR count). The van der Waals surface area contributed by atoms with Crippen LogP contribution in [0.15, 0.2) is 48.5 Å². The van der Waals surface area contributed by atoms with Gasteiger partial charge in [-0.3, -0.25) is 14.5 Å². The van der Waals surface area contributed by atoms with Crippen LogP contribution in [0.25, 0.3) is 0 Å². The number of carbonyl (C=O) groups excluding carboxylic acids is 3. The molecule has 1 saturated heterocycles. The smallest absolute Gasteiger partial charge is 0.323 e. The van der Waals surface area contributed by atoms with Crippen molar-refractivity contribution in [1.29, 1.82) is 0 Å². The second kappa shape index (κ2) is 10.0. The summed E-state index contributed by atoms with van der Waals surface area (Å²) in [5.41, 5.74) is 8.71. The number of hydrogen-bond donors (Lipinski definition) is 3. The van der Waals surface area contributed by atoms with Gasteiger partial charge in [0.15, 0.2) is 6.17 Å². The Labute approximate surface area is 195 Å². The Morgan fingerprint density at radius 1 is 1.03 bits per heavy atom. The number of aryl methyl sites for hydroxylation is 1. The first-order valence-electron chi connectivity index (χ1n) is 11.2. The number of amides is 4. The van der Waals surface area contributed by atoms with E-state index < -0.39 is 18.1 Å². The molecule has 1 fully saturated rings. The fourth-order valence-corrected chi connectivity index (χ4v) is 3.82. The highest BCUT2D eigenvalue weighted by molar-refractivity contribution is 6.00. The summed E-state index contributed by atoms with van der Waals surface area (Å²) in [5, 5.41) is 5.55. The topological polar surface area (TPSA) is 108 Å². The number of urea groups is 1. The Morgan fingerprint density at radius 2 is 1.70 bits per heavy atom. The van der Waals surface area contributed by atoms with Gasteiger partial charge in [-0.05, 0) is 47.7 Å². The summed E-state index contributed by atoms with van der Waals surface area (Å²) in [6.07, 6.45) is -1.06. The quantitative estimate of drug-likeness (QED) is 0.650. The van der Waals surface area contributed by atoms with Gasteiger partial charge in [0.25, 0.3) is 11.8 Å². The van der Waals surface area contributed by atoms with Gasteiger partial charge >= 0.3 is 6.03 Å². The average Bonchev–Trinajstić information content (AvgIpc) is 3.22. The Hall–Kier alpha value is -3.39. The largest absolute Gasteiger partial charge is 0.351 e. The molecule has 0 aliphatic carbocycles. The van der Waals surface area contributed by atoms with Gasteiger partial charge in [0, 0.05) is 37.4 Å². The molecule has 1 aliphatic heterocycles. The fraction of sp³-hybridized carbons (Fsp3) is 0.400. The second-order valence-corrected chi connectivity index (χ2v) is 9.27. The maximum Gasteiger partial charge on any atom is 0.323 e. The van der Waals surface area contributed by atoms with E-state index in [0.29, 0.717) is 11.3 Å². The van der Waals surface area contributed by atoms with Crippen LogP contribution in [0, 0.1) is 6.92 Å². The number of anilines is 1. The summed E-state index contributed by atoms with van der Waals surface area (Å²) in [4.78, 5) is 42.2. The summed E-state index contributed by atoms with van der Waals surface area (Å²) in [7, 11) is 0. The highest BCUT2D eigenvalue weighted by atomic mass is 16.2. The molecule has 1 heterocycles. The van der Waals surface area contributed by atoms with E-state index in [1.54, 1.807) is 18.2 Å². The molecule has 0 aromatic heterocycles. The van der Waals surface area contributed by atoms with E-state index in [0.717, 1.165) is 11.1 Å². The van der Waals surface area contributed by atoms with Crippen molar-refractivity contribution in [3.8, 4) is 0 Å². The summed E-state index contributed by atoms with van der Waals surface area (Å²) < 4.78 is 0. The van der Waals surface area contributed by atoms with Gasteiger partial charge in [-0.15, -0.1) is 0 Å². The number of rotatable bonds is 5. The van der Waals surface area contributed by atoms with Crippen LogP contribution in [-0.2, 0) is 10.2 Å². The summed E-state index contributed by atoms with van der Waals surface area (Å²) in [5.74, 6) is -0.730. The van der Waals surface area contributed by atoms with Gasteiger partial charge in [0.1, 0.15) is 0 Å². The molecule has 1 atom stereocenters. The van der Waals surface area contributed by atoms with Crippen molar-refractivity contribution in [3.05, 3.63) is 65.2 Å². The van der Waals surface area contributed by atoms with E-state index in [2.05, 4.69) is 31.4 Å². The molecule has 8 nitrogen and oxygen atoms in total. The van der Waals surface area contributed by atoms with Gasteiger partial charge in [-0.25, -0.2) is 4.79 Å². The second-order valence-electron chi connectivity index (χ2n) is 9.27. The standard InChI is InChI=1S/C25H33N5O3/c1-17-6-5-7-20(16-17)28-24(33)30-15-14-29(22(30)21(31)27-13-12-26)23(32)18-8-10-19(11-9-18)25(2,3)4/h5-11,16,22H,12-15,26H2,1-4H3,(H,27,31)(H,28,33). The normalized spacial score (nSPS) is 16.0. The van der Waals surface area contributed by atoms with E-state index in [-0.39, 0.29) is 37.5 Å². The van der Waals surface area contributed by atoms with E-state index in [4.69, 9.17) is 5.73 Å². The van der Waals surface area contributed by atoms with Gasteiger partial charge in [-0.2, -0.15) is 0 Å². The SMILES string of the molecule is Cc1cccc(NC(=O)N2CCN(C(=O)c3ccc(C(C)(C)C)cc3)C2C(=O)NCCN)c1. The van der Waals surface area contributed by atoms with E-state index in [9.17, 15) is 14.4 Å². The first-order chi connectivity index (χ1) is 15.6. The molecule has 176 valence electrons. The molecule has 2 aromatic rings. The molecule has 0 spiro atoms. The van der Waals surface area contributed by atoms with Gasteiger partial charge in [-0.1, -0.05) is 45.0 Å². The van der Waals surface area contributed by atoms with Crippen molar-refractivity contribution in [2.45, 2.75) is 39.3 Å². The van der Waals surface area contributed by atoms with Gasteiger partial charge in [0.05, 0.1) is 0 Å². The Kier molecular flexibility index (Phi) is 7.38. The lowest BCUT2D eigenvalue weighted by molar-refractivity contribution is -0.127. The van der Waals surface area contributed by atoms with Crippen LogP contribution < -0.4 is 16.4 Å². The minimum absolute atomic E-state index is 0.0372. The minimum Gasteiger partial charge on any atom is -0.351 e. The van der Waals surface area contributed by atoms with Crippen LogP contribution >= 0.6 is 0 Å². The van der Waals surface area contributed by atoms with Crippen molar-refractivity contribution in [2.24, 2.45) is 5.73 Å². The van der Waals surface area contributed by atoms with Crippen LogP contribution in [-0.4, -0.2) is 60.0 Å². The Bertz CT molecular complexity index is 1010. The van der Waals surface area contributed by atoms with Crippen molar-refractivity contribution >= 4 is 23.5 Å². The first kappa shape index (κ1) is 24.3. The van der Waals surface area contributed by atoms with Gasteiger partial charge in [0.2, 0.25) is 0 Å². The average molecular weight is 452 g/mol. The molecule has 1 unspecified atom stereocenters. The number of hydrogen-bond acceptors (Lipinski definition) is 4. The molecule has 33 heavy (non-hydrogen) atoms. The summed E-state index contributed by atoms with van der Waals surface area (Å²) in [6, 6.07) is 14.4. The third kappa shape index (κ3) is 5.70. The molecule has 2 aromatic carbocycles. The van der Waals surface area contributed by atoms with Crippen LogP contribution in [0.1, 0.15) is 42.3 Å². The molecule has 4 N–H and O–H groups in total. The number of nitrogens with zero attached hydrogens (tertiary/aromatic N) is 2. The maximum absolute atomic E-state index is 13.3. The highest BCUT2D eigenvalue weighted by Gasteiger charge is 2.43. The molecule has 8 heteroatoms. The zero-order valence-corrected chi connectivity index (χ0v) is 19.7. The third-order valence-electron chi connectivity index (χ3n) is 5.64. The highest BCUT2D eigenvalue weighted by Crippen LogP contribution is 2.24. The fourth-order valence-electron chi connectivity index (χ4n) is 3.82. The first-order valence-corrected chi connectivity index (χ1v) is 11.2. The van der Waals surface area contributed by atoms with Crippen LogP contribution in [0.3, 0.4) is 0 Å². The Balaban J connectivity index is 1.83. The van der Waals surface area contributed by atoms with Crippen LogP contribution in [0.5, 0.6) is 0 Å². The van der Waals surface area contributed by atoms with Crippen molar-refractivity contribution in [1.82, 2.24) is 15.1 Å². The molecule has 1 aliphatic rings. The number of nitrogens with two attached hydrogens (primary N) is 1. The third-order valence-corrected chi connectivity index (χ3v) is 5.64. The van der Waals surface area contributed by atoms with Crippen LogP contribution in [0.2, 0.25) is 0 Å². The summed E-state index contributed by atoms with van der Waals surface area (Å²) in [6.45, 7) is 9.25. The molecule has 0 radical (unpaired) electrons. The van der Waals surface area contributed by atoms with Gasteiger partial charge < -0.3 is 21.3 Å². The van der Waals surface area contributed by atoms with Crippen molar-refractivity contribution < 1.29 is 14.4 Å². The predicted molar refractivity (Wildman–Crippen MR) is 129 cm³/mol. The van der Waals surface area contributed by atoms with Crippen molar-refractivity contribution in [2.75, 3.05) is 31.5 Å². The lowest BCUT2D eigenvalue weighted by Gasteiger charge is -2.29. The zero-order valence-electron chi connectivity index (χ0n) is 19.7. The maximum atomic E-state index is 13.3. The molecular formula is C25H33N5O3. The zero-order chi connectivity index (χ0) is 24.2. The molecule has 0 bridgehead atoms. The Morgan fingerprint density at radius 3 is 2.30 bits per heavy atom. The lowest BCUT2D eigenvalue weighted by atomic mass is 9.86. The van der Waals surface area contributed by atoms with Crippen molar-refractivity contribution in [3.63, 3.8) is 0 Å². The molecular weight excluding hydrogens is 418 g/mol. The monoisotopic (exact) mass is 451 g/mol.